The third-order valence-corrected chi connectivity index (χ3v) is 5.50. The number of nitrogens with one attached hydrogen (secondary N) is 1. The van der Waals surface area contributed by atoms with Gasteiger partial charge < -0.3 is 4.74 Å². The molecule has 5 aromatic rings. The summed E-state index contributed by atoms with van der Waals surface area (Å²) in [7, 11) is 1.62. The van der Waals surface area contributed by atoms with Crippen molar-refractivity contribution in [2.75, 3.05) is 7.11 Å². The molecule has 0 aliphatic heterocycles. The van der Waals surface area contributed by atoms with Crippen molar-refractivity contribution >= 4 is 22.9 Å². The van der Waals surface area contributed by atoms with Crippen molar-refractivity contribution in [1.82, 2.24) is 15.2 Å². The zero-order chi connectivity index (χ0) is 23.3. The van der Waals surface area contributed by atoms with E-state index < -0.39 is 0 Å². The summed E-state index contributed by atoms with van der Waals surface area (Å²) in [5.74, 6) is 0.370. The van der Waals surface area contributed by atoms with Crippen molar-refractivity contribution in [2.45, 2.75) is 0 Å². The molecular formula is C28H22N4O2. The zero-order valence-corrected chi connectivity index (χ0v) is 18.6. The number of amides is 1. The number of fused-ring (bicyclic) bond motifs is 1. The molecule has 0 bridgehead atoms. The quantitative estimate of drug-likeness (QED) is 0.278. The van der Waals surface area contributed by atoms with Gasteiger partial charge in [0.25, 0.3) is 5.91 Å². The summed E-state index contributed by atoms with van der Waals surface area (Å²) in [5.41, 5.74) is 6.39. The van der Waals surface area contributed by atoms with Crippen LogP contribution in [0.4, 0.5) is 0 Å². The Morgan fingerprint density at radius 2 is 1.65 bits per heavy atom. The van der Waals surface area contributed by atoms with Crippen molar-refractivity contribution in [3.8, 4) is 22.7 Å². The monoisotopic (exact) mass is 446 g/mol. The van der Waals surface area contributed by atoms with E-state index in [9.17, 15) is 4.79 Å². The zero-order valence-electron chi connectivity index (χ0n) is 18.6. The number of hydrogen-bond acceptors (Lipinski definition) is 4. The van der Waals surface area contributed by atoms with Crippen LogP contribution in [0.15, 0.2) is 108 Å². The minimum atomic E-state index is -0.388. The van der Waals surface area contributed by atoms with Gasteiger partial charge >= 0.3 is 0 Å². The maximum atomic E-state index is 12.9. The maximum Gasteiger partial charge on any atom is 0.291 e. The van der Waals surface area contributed by atoms with Gasteiger partial charge in [0.15, 0.2) is 5.69 Å². The SMILES string of the molecule is COc1ccc(/C=N\NC(=O)c2cc(-c3cccc4ccccc34)n(-c3ccccc3)n2)cc1. The van der Waals surface area contributed by atoms with Crippen molar-refractivity contribution in [2.24, 2.45) is 5.10 Å². The van der Waals surface area contributed by atoms with Gasteiger partial charge in [-0.3, -0.25) is 4.79 Å². The van der Waals surface area contributed by atoms with E-state index in [2.05, 4.69) is 33.8 Å². The summed E-state index contributed by atoms with van der Waals surface area (Å²) in [5, 5.41) is 10.9. The lowest BCUT2D eigenvalue weighted by atomic mass is 10.0. The van der Waals surface area contributed by atoms with Gasteiger partial charge in [-0.05, 0) is 58.8 Å². The molecule has 0 saturated heterocycles. The molecule has 4 aromatic carbocycles. The molecule has 0 fully saturated rings. The van der Waals surface area contributed by atoms with Gasteiger partial charge in [-0.15, -0.1) is 0 Å². The summed E-state index contributed by atoms with van der Waals surface area (Å²) in [6.45, 7) is 0. The van der Waals surface area contributed by atoms with Gasteiger partial charge in [-0.2, -0.15) is 10.2 Å². The average molecular weight is 447 g/mol. The third-order valence-electron chi connectivity index (χ3n) is 5.50. The second-order valence-electron chi connectivity index (χ2n) is 7.66. The van der Waals surface area contributed by atoms with Crippen LogP contribution < -0.4 is 10.2 Å². The highest BCUT2D eigenvalue weighted by molar-refractivity contribution is 5.99. The van der Waals surface area contributed by atoms with E-state index in [1.165, 1.54) is 0 Å². The number of ether oxygens (including phenoxy) is 1. The highest BCUT2D eigenvalue weighted by Gasteiger charge is 2.18. The average Bonchev–Trinajstić information content (AvgIpc) is 3.35. The molecule has 34 heavy (non-hydrogen) atoms. The number of methoxy groups -OCH3 is 1. The summed E-state index contributed by atoms with van der Waals surface area (Å²) in [6, 6.07) is 33.3. The molecule has 5 rings (SSSR count). The second-order valence-corrected chi connectivity index (χ2v) is 7.66. The fraction of sp³-hybridized carbons (Fsp3) is 0.0357. The molecule has 0 radical (unpaired) electrons. The molecule has 0 saturated carbocycles. The van der Waals surface area contributed by atoms with Crippen LogP contribution in [-0.4, -0.2) is 29.0 Å². The van der Waals surface area contributed by atoms with Gasteiger partial charge in [0.1, 0.15) is 5.75 Å². The molecule has 0 aliphatic carbocycles. The largest absolute Gasteiger partial charge is 0.497 e. The van der Waals surface area contributed by atoms with Crippen molar-refractivity contribution in [3.05, 3.63) is 114 Å². The van der Waals surface area contributed by atoms with Crippen LogP contribution in [0, 0.1) is 0 Å². The summed E-state index contributed by atoms with van der Waals surface area (Å²) in [6.07, 6.45) is 1.58. The van der Waals surface area contributed by atoms with Crippen LogP contribution in [0.5, 0.6) is 5.75 Å². The van der Waals surface area contributed by atoms with E-state index in [1.54, 1.807) is 24.1 Å². The first-order chi connectivity index (χ1) is 16.7. The number of carbonyl (C=O) groups is 1. The van der Waals surface area contributed by atoms with Crippen LogP contribution in [-0.2, 0) is 0 Å². The lowest BCUT2D eigenvalue weighted by Gasteiger charge is -2.10. The number of hydrazone groups is 1. The predicted molar refractivity (Wildman–Crippen MR) is 135 cm³/mol. The number of aromatic nitrogens is 2. The number of carbonyl (C=O) groups excluding carboxylic acids is 1. The Kier molecular flexibility index (Phi) is 5.86. The lowest BCUT2D eigenvalue weighted by molar-refractivity contribution is 0.0949. The van der Waals surface area contributed by atoms with Crippen molar-refractivity contribution in [3.63, 3.8) is 0 Å². The van der Waals surface area contributed by atoms with E-state index >= 15 is 0 Å². The fourth-order valence-electron chi connectivity index (χ4n) is 3.81. The molecule has 0 spiro atoms. The van der Waals surface area contributed by atoms with Crippen LogP contribution in [0.1, 0.15) is 16.1 Å². The minimum Gasteiger partial charge on any atom is -0.497 e. The smallest absolute Gasteiger partial charge is 0.291 e. The summed E-state index contributed by atoms with van der Waals surface area (Å²) < 4.78 is 6.95. The Morgan fingerprint density at radius 3 is 2.44 bits per heavy atom. The van der Waals surface area contributed by atoms with Crippen molar-refractivity contribution in [1.29, 1.82) is 0 Å². The van der Waals surface area contributed by atoms with E-state index in [0.717, 1.165) is 39.0 Å². The van der Waals surface area contributed by atoms with E-state index in [0.29, 0.717) is 0 Å². The van der Waals surface area contributed by atoms with Crippen LogP contribution in [0.25, 0.3) is 27.7 Å². The van der Waals surface area contributed by atoms with E-state index in [4.69, 9.17) is 4.74 Å². The van der Waals surface area contributed by atoms with Crippen molar-refractivity contribution < 1.29 is 9.53 Å². The second kappa shape index (κ2) is 9.42. The van der Waals surface area contributed by atoms with Crippen LogP contribution in [0.3, 0.4) is 0 Å². The Morgan fingerprint density at radius 1 is 0.912 bits per heavy atom. The van der Waals surface area contributed by atoms with Crippen LogP contribution >= 0.6 is 0 Å². The van der Waals surface area contributed by atoms with Gasteiger partial charge in [-0.25, -0.2) is 10.1 Å². The molecule has 0 unspecified atom stereocenters. The molecular weight excluding hydrogens is 424 g/mol. The fourth-order valence-corrected chi connectivity index (χ4v) is 3.81. The predicted octanol–water partition coefficient (Wildman–Crippen LogP) is 5.47. The molecule has 1 aromatic heterocycles. The lowest BCUT2D eigenvalue weighted by Crippen LogP contribution is -2.18. The standard InChI is InChI=1S/C28H22N4O2/c1-34-23-16-14-20(15-17-23)19-29-30-28(33)26-18-27(32(31-26)22-10-3-2-4-11-22)25-13-7-9-21-8-5-6-12-24(21)25/h2-19H,1H3,(H,30,33)/b29-19-. The Hall–Kier alpha value is -4.71. The first kappa shape index (κ1) is 21.2. The number of para-hydroxylation sites is 1. The molecule has 1 heterocycles. The molecule has 166 valence electrons. The number of benzene rings is 4. The minimum absolute atomic E-state index is 0.277. The Balaban J connectivity index is 1.49. The molecule has 0 aliphatic rings. The molecule has 1 N–H and O–H groups in total. The highest BCUT2D eigenvalue weighted by atomic mass is 16.5. The number of nitrogens with zero attached hydrogens (tertiary/aromatic N) is 3. The highest BCUT2D eigenvalue weighted by Crippen LogP contribution is 2.31. The Labute approximate surface area is 197 Å². The van der Waals surface area contributed by atoms with E-state index in [1.807, 2.05) is 78.9 Å². The molecule has 1 amide bonds. The topological polar surface area (TPSA) is 68.5 Å². The number of hydrogen-bond donors (Lipinski definition) is 1. The normalized spacial score (nSPS) is 11.1. The van der Waals surface area contributed by atoms with Gasteiger partial charge in [0.05, 0.1) is 24.7 Å². The van der Waals surface area contributed by atoms with Gasteiger partial charge in [0.2, 0.25) is 0 Å². The maximum absolute atomic E-state index is 12.9. The number of rotatable bonds is 6. The molecule has 0 atom stereocenters. The summed E-state index contributed by atoms with van der Waals surface area (Å²) in [4.78, 5) is 12.9. The Bertz CT molecular complexity index is 1470. The van der Waals surface area contributed by atoms with Gasteiger partial charge in [0, 0.05) is 5.56 Å². The van der Waals surface area contributed by atoms with Crippen LogP contribution in [0.2, 0.25) is 0 Å². The molecule has 6 nitrogen and oxygen atoms in total. The summed E-state index contributed by atoms with van der Waals surface area (Å²) >= 11 is 0. The first-order valence-electron chi connectivity index (χ1n) is 10.8. The third kappa shape index (κ3) is 4.29. The van der Waals surface area contributed by atoms with Gasteiger partial charge in [-0.1, -0.05) is 60.7 Å². The first-order valence-corrected chi connectivity index (χ1v) is 10.8. The van der Waals surface area contributed by atoms with E-state index in [-0.39, 0.29) is 11.6 Å². The molecule has 6 heteroatoms.